The van der Waals surface area contributed by atoms with Gasteiger partial charge in [-0.1, -0.05) is 29.8 Å². The van der Waals surface area contributed by atoms with Gasteiger partial charge in [0.05, 0.1) is 19.3 Å². The van der Waals surface area contributed by atoms with Crippen LogP contribution in [0.5, 0.6) is 0 Å². The molecule has 0 saturated carbocycles. The van der Waals surface area contributed by atoms with E-state index < -0.39 is 0 Å². The molecule has 1 aromatic carbocycles. The molecule has 0 saturated heterocycles. The minimum absolute atomic E-state index is 0.0150. The summed E-state index contributed by atoms with van der Waals surface area (Å²) in [5.41, 5.74) is 2.43. The first-order chi connectivity index (χ1) is 7.17. The third-order valence-corrected chi connectivity index (χ3v) is 2.60. The Bertz CT molecular complexity index is 280. The zero-order chi connectivity index (χ0) is 11.3. The predicted molar refractivity (Wildman–Crippen MR) is 60.6 cm³/mol. The molecule has 0 aliphatic rings. The van der Waals surface area contributed by atoms with Crippen LogP contribution < -0.4 is 0 Å². The molecule has 15 heavy (non-hydrogen) atoms. The fourth-order valence-corrected chi connectivity index (χ4v) is 1.45. The Morgan fingerprint density at radius 2 is 1.67 bits per heavy atom. The number of likely N-dealkylation sites (N-methyl/N-ethyl adjacent to an activating group) is 1. The molecule has 0 aliphatic heterocycles. The standard InChI is InChI=1S/C12H19NO2/c1-10-3-5-11(6-4-10)7-13(2)12(8-14)9-15/h3-6,12,14-15H,7-9H2,1-2H3. The van der Waals surface area contributed by atoms with Gasteiger partial charge in [0.15, 0.2) is 0 Å². The lowest BCUT2D eigenvalue weighted by molar-refractivity contribution is 0.0874. The van der Waals surface area contributed by atoms with Crippen LogP contribution in [-0.2, 0) is 6.54 Å². The molecular formula is C12H19NO2. The van der Waals surface area contributed by atoms with Crippen LogP contribution in [0.2, 0.25) is 0 Å². The van der Waals surface area contributed by atoms with Crippen LogP contribution in [0, 0.1) is 6.92 Å². The van der Waals surface area contributed by atoms with Gasteiger partial charge in [-0.15, -0.1) is 0 Å². The van der Waals surface area contributed by atoms with Crippen LogP contribution in [0.25, 0.3) is 0 Å². The van der Waals surface area contributed by atoms with E-state index in [0.29, 0.717) is 0 Å². The number of aliphatic hydroxyl groups excluding tert-OH is 2. The summed E-state index contributed by atoms with van der Waals surface area (Å²) in [5.74, 6) is 0. The zero-order valence-corrected chi connectivity index (χ0v) is 9.35. The largest absolute Gasteiger partial charge is 0.395 e. The van der Waals surface area contributed by atoms with Gasteiger partial charge in [-0.25, -0.2) is 0 Å². The molecule has 1 aromatic rings. The fraction of sp³-hybridized carbons (Fsp3) is 0.500. The van der Waals surface area contributed by atoms with Gasteiger partial charge in [0.25, 0.3) is 0 Å². The average molecular weight is 209 g/mol. The van der Waals surface area contributed by atoms with Gasteiger partial charge in [-0.3, -0.25) is 4.90 Å². The summed E-state index contributed by atoms with van der Waals surface area (Å²) in [6.45, 7) is 2.77. The fourth-order valence-electron chi connectivity index (χ4n) is 1.45. The average Bonchev–Trinajstić information content (AvgIpc) is 2.23. The molecule has 0 heterocycles. The number of aryl methyl sites for hydroxylation is 1. The van der Waals surface area contributed by atoms with Crippen molar-refractivity contribution in [1.29, 1.82) is 0 Å². The minimum atomic E-state index is -0.175. The second-order valence-electron chi connectivity index (χ2n) is 3.92. The van der Waals surface area contributed by atoms with Crippen molar-refractivity contribution < 1.29 is 10.2 Å². The molecule has 0 unspecified atom stereocenters. The van der Waals surface area contributed by atoms with Gasteiger partial charge in [-0.2, -0.15) is 0 Å². The van der Waals surface area contributed by atoms with Crippen molar-refractivity contribution in [2.45, 2.75) is 19.5 Å². The lowest BCUT2D eigenvalue weighted by Crippen LogP contribution is -2.37. The second kappa shape index (κ2) is 5.85. The molecule has 84 valence electrons. The van der Waals surface area contributed by atoms with Crippen LogP contribution in [0.1, 0.15) is 11.1 Å². The molecule has 0 aliphatic carbocycles. The van der Waals surface area contributed by atoms with Gasteiger partial charge in [-0.05, 0) is 19.5 Å². The molecule has 0 aromatic heterocycles. The first-order valence-electron chi connectivity index (χ1n) is 5.15. The molecular weight excluding hydrogens is 190 g/mol. The molecule has 0 amide bonds. The third kappa shape index (κ3) is 3.63. The van der Waals surface area contributed by atoms with Crippen LogP contribution in [0.4, 0.5) is 0 Å². The van der Waals surface area contributed by atoms with Crippen molar-refractivity contribution in [2.75, 3.05) is 20.3 Å². The lowest BCUT2D eigenvalue weighted by Gasteiger charge is -2.24. The zero-order valence-electron chi connectivity index (χ0n) is 9.35. The van der Waals surface area contributed by atoms with Crippen molar-refractivity contribution in [2.24, 2.45) is 0 Å². The third-order valence-electron chi connectivity index (χ3n) is 2.60. The highest BCUT2D eigenvalue weighted by Crippen LogP contribution is 2.07. The monoisotopic (exact) mass is 209 g/mol. The van der Waals surface area contributed by atoms with E-state index in [2.05, 4.69) is 31.2 Å². The van der Waals surface area contributed by atoms with Crippen molar-refractivity contribution in [1.82, 2.24) is 4.90 Å². The van der Waals surface area contributed by atoms with Crippen molar-refractivity contribution in [3.05, 3.63) is 35.4 Å². The van der Waals surface area contributed by atoms with E-state index in [1.165, 1.54) is 11.1 Å². The normalized spacial score (nSPS) is 11.3. The number of rotatable bonds is 5. The highest BCUT2D eigenvalue weighted by molar-refractivity contribution is 5.21. The van der Waals surface area contributed by atoms with Crippen LogP contribution in [-0.4, -0.2) is 41.4 Å². The predicted octanol–water partition coefficient (Wildman–Crippen LogP) is 0.780. The Morgan fingerprint density at radius 3 is 2.13 bits per heavy atom. The van der Waals surface area contributed by atoms with Crippen molar-refractivity contribution >= 4 is 0 Å². The Balaban J connectivity index is 2.57. The van der Waals surface area contributed by atoms with E-state index in [-0.39, 0.29) is 19.3 Å². The maximum atomic E-state index is 9.02. The summed E-state index contributed by atoms with van der Waals surface area (Å²) in [4.78, 5) is 1.95. The molecule has 3 heteroatoms. The molecule has 0 radical (unpaired) electrons. The Morgan fingerprint density at radius 1 is 1.13 bits per heavy atom. The van der Waals surface area contributed by atoms with Crippen LogP contribution in [0.3, 0.4) is 0 Å². The summed E-state index contributed by atoms with van der Waals surface area (Å²) in [6.07, 6.45) is 0. The molecule has 2 N–H and O–H groups in total. The van der Waals surface area contributed by atoms with Crippen molar-refractivity contribution in [3.63, 3.8) is 0 Å². The maximum absolute atomic E-state index is 9.02. The summed E-state index contributed by atoms with van der Waals surface area (Å²) in [7, 11) is 1.90. The molecule has 0 atom stereocenters. The van der Waals surface area contributed by atoms with Crippen LogP contribution >= 0.6 is 0 Å². The van der Waals surface area contributed by atoms with Gasteiger partial charge in [0, 0.05) is 6.54 Å². The molecule has 3 nitrogen and oxygen atoms in total. The van der Waals surface area contributed by atoms with Gasteiger partial charge in [0.2, 0.25) is 0 Å². The Kier molecular flexibility index (Phi) is 4.75. The molecule has 0 bridgehead atoms. The summed E-state index contributed by atoms with van der Waals surface area (Å²) >= 11 is 0. The van der Waals surface area contributed by atoms with E-state index in [4.69, 9.17) is 10.2 Å². The first kappa shape index (κ1) is 12.2. The summed E-state index contributed by atoms with van der Waals surface area (Å²) in [6, 6.07) is 8.09. The number of aliphatic hydroxyl groups is 2. The second-order valence-corrected chi connectivity index (χ2v) is 3.92. The van der Waals surface area contributed by atoms with Crippen molar-refractivity contribution in [3.8, 4) is 0 Å². The van der Waals surface area contributed by atoms with E-state index in [1.807, 2.05) is 11.9 Å². The smallest absolute Gasteiger partial charge is 0.0609 e. The van der Waals surface area contributed by atoms with E-state index in [9.17, 15) is 0 Å². The quantitative estimate of drug-likeness (QED) is 0.753. The number of hydrogen-bond donors (Lipinski definition) is 2. The number of benzene rings is 1. The van der Waals surface area contributed by atoms with E-state index in [0.717, 1.165) is 6.54 Å². The summed E-state index contributed by atoms with van der Waals surface area (Å²) < 4.78 is 0. The van der Waals surface area contributed by atoms with Gasteiger partial charge >= 0.3 is 0 Å². The maximum Gasteiger partial charge on any atom is 0.0609 e. The van der Waals surface area contributed by atoms with E-state index >= 15 is 0 Å². The molecule has 1 rings (SSSR count). The SMILES string of the molecule is Cc1ccc(CN(C)C(CO)CO)cc1. The first-order valence-corrected chi connectivity index (χ1v) is 5.15. The summed E-state index contributed by atoms with van der Waals surface area (Å²) in [5, 5.41) is 18.0. The lowest BCUT2D eigenvalue weighted by atomic mass is 10.1. The molecule has 0 fully saturated rings. The topological polar surface area (TPSA) is 43.7 Å². The van der Waals surface area contributed by atoms with Gasteiger partial charge < -0.3 is 10.2 Å². The minimum Gasteiger partial charge on any atom is -0.395 e. The highest BCUT2D eigenvalue weighted by Gasteiger charge is 2.12. The Hall–Kier alpha value is -0.900. The molecule has 0 spiro atoms. The van der Waals surface area contributed by atoms with E-state index in [1.54, 1.807) is 0 Å². The highest BCUT2D eigenvalue weighted by atomic mass is 16.3. The van der Waals surface area contributed by atoms with Crippen LogP contribution in [0.15, 0.2) is 24.3 Å². The number of hydrogen-bond acceptors (Lipinski definition) is 3. The Labute approximate surface area is 91.0 Å². The van der Waals surface area contributed by atoms with Gasteiger partial charge in [0.1, 0.15) is 0 Å². The number of nitrogens with zero attached hydrogens (tertiary/aromatic N) is 1.